The number of nitrogens with zero attached hydrogens (tertiary/aromatic N) is 5. The zero-order valence-corrected chi connectivity index (χ0v) is 20.1. The van der Waals surface area contributed by atoms with Crippen molar-refractivity contribution in [2.45, 2.75) is 19.5 Å². The van der Waals surface area contributed by atoms with Crippen molar-refractivity contribution >= 4 is 39.7 Å². The lowest BCUT2D eigenvalue weighted by Crippen LogP contribution is -2.39. The number of amides is 1. The molecule has 1 atom stereocenters. The molecule has 3 rings (SSSR count). The topological polar surface area (TPSA) is 89.7 Å². The Morgan fingerprint density at radius 2 is 1.97 bits per heavy atom. The Balaban J connectivity index is 1.88. The molecule has 0 saturated carbocycles. The second-order valence-electron chi connectivity index (χ2n) is 7.11. The molecule has 0 aliphatic heterocycles. The van der Waals surface area contributed by atoms with Gasteiger partial charge in [-0.25, -0.2) is 4.68 Å². The lowest BCUT2D eigenvalue weighted by atomic mass is 10.3. The van der Waals surface area contributed by atoms with E-state index in [2.05, 4.69) is 15.2 Å². The maximum absolute atomic E-state index is 13.4. The molecule has 0 aliphatic carbocycles. The Hall–Kier alpha value is -3.25. The predicted molar refractivity (Wildman–Crippen MR) is 127 cm³/mol. The van der Waals surface area contributed by atoms with Gasteiger partial charge in [-0.3, -0.25) is 14.0 Å². The number of para-hydroxylation sites is 1. The Morgan fingerprint density at radius 3 is 2.60 bits per heavy atom. The van der Waals surface area contributed by atoms with Crippen LogP contribution < -0.4 is 9.74 Å². The van der Waals surface area contributed by atoms with E-state index >= 15 is 0 Å². The zero-order chi connectivity index (χ0) is 25.4. The summed E-state index contributed by atoms with van der Waals surface area (Å²) >= 11 is 6.29. The fourth-order valence-electron chi connectivity index (χ4n) is 2.90. The number of anilines is 1. The summed E-state index contributed by atoms with van der Waals surface area (Å²) in [5.41, 5.74) is 0.511. The molecular weight excluding hydrogens is 507 g/mol. The molecule has 2 aromatic heterocycles. The van der Waals surface area contributed by atoms with Crippen molar-refractivity contribution in [2.75, 3.05) is 23.0 Å². The van der Waals surface area contributed by atoms with Gasteiger partial charge in [-0.05, 0) is 31.2 Å². The third-order valence-electron chi connectivity index (χ3n) is 4.58. The number of pyridine rings is 1. The van der Waals surface area contributed by atoms with Crippen LogP contribution in [0.1, 0.15) is 13.3 Å². The van der Waals surface area contributed by atoms with Gasteiger partial charge in [0.05, 0.1) is 30.3 Å². The van der Waals surface area contributed by atoms with Gasteiger partial charge < -0.3 is 9.74 Å². The number of halogens is 4. The minimum Gasteiger partial charge on any atom is -0.357 e. The first-order valence-electron chi connectivity index (χ1n) is 10.4. The fourth-order valence-corrected chi connectivity index (χ4v) is 4.21. The van der Waals surface area contributed by atoms with Gasteiger partial charge in [0.2, 0.25) is 0 Å². The van der Waals surface area contributed by atoms with Gasteiger partial charge in [0.25, 0.3) is 5.91 Å². The van der Waals surface area contributed by atoms with E-state index < -0.39 is 40.8 Å². The molecular formula is C22H21ClF3N5O3S. The molecule has 1 unspecified atom stereocenters. The van der Waals surface area contributed by atoms with Crippen LogP contribution in [-0.4, -0.2) is 54.8 Å². The fraction of sp³-hybridized carbons (Fsp3) is 0.273. The Kier molecular flexibility index (Phi) is 8.99. The summed E-state index contributed by atoms with van der Waals surface area (Å²) < 4.78 is 51.5. The van der Waals surface area contributed by atoms with Crippen molar-refractivity contribution in [1.29, 1.82) is 0 Å². The van der Waals surface area contributed by atoms with E-state index in [4.69, 9.17) is 16.4 Å². The van der Waals surface area contributed by atoms with Crippen LogP contribution in [-0.2, 0) is 15.6 Å². The number of rotatable bonds is 10. The van der Waals surface area contributed by atoms with Gasteiger partial charge in [-0.15, -0.1) is 0 Å². The third-order valence-corrected chi connectivity index (χ3v) is 6.10. The zero-order valence-electron chi connectivity index (χ0n) is 18.5. The number of benzene rings is 1. The van der Waals surface area contributed by atoms with Crippen LogP contribution in [0.3, 0.4) is 0 Å². The predicted octanol–water partition coefficient (Wildman–Crippen LogP) is 4.41. The number of hydrogen-bond donors (Lipinski definition) is 0. The van der Waals surface area contributed by atoms with E-state index in [1.54, 1.807) is 61.8 Å². The van der Waals surface area contributed by atoms with E-state index in [1.807, 2.05) is 0 Å². The summed E-state index contributed by atoms with van der Waals surface area (Å²) in [5, 5.41) is 8.04. The number of carbonyl (C=O) groups excluding carboxylic acids is 1. The molecule has 0 radical (unpaired) electrons. The van der Waals surface area contributed by atoms with E-state index in [-0.39, 0.29) is 23.1 Å². The van der Waals surface area contributed by atoms with E-state index in [0.29, 0.717) is 11.4 Å². The van der Waals surface area contributed by atoms with Crippen LogP contribution in [0.2, 0.25) is 5.15 Å². The van der Waals surface area contributed by atoms with Crippen molar-refractivity contribution in [3.05, 3.63) is 66.2 Å². The van der Waals surface area contributed by atoms with Gasteiger partial charge in [0.1, 0.15) is 5.69 Å². The maximum atomic E-state index is 13.4. The highest BCUT2D eigenvalue weighted by atomic mass is 35.5. The molecule has 13 heteroatoms. The molecule has 35 heavy (non-hydrogen) atoms. The summed E-state index contributed by atoms with van der Waals surface area (Å²) in [5.74, 6) is -1.64. The molecule has 1 aromatic carbocycles. The number of oxime groups is 1. The van der Waals surface area contributed by atoms with Gasteiger partial charge in [0, 0.05) is 29.3 Å². The average molecular weight is 528 g/mol. The maximum Gasteiger partial charge on any atom is 0.390 e. The van der Waals surface area contributed by atoms with Crippen molar-refractivity contribution in [3.8, 4) is 11.4 Å². The van der Waals surface area contributed by atoms with Gasteiger partial charge in [-0.2, -0.15) is 18.3 Å². The minimum atomic E-state index is -4.47. The van der Waals surface area contributed by atoms with Crippen LogP contribution in [0, 0.1) is 0 Å². The molecule has 0 aliphatic rings. The smallest absolute Gasteiger partial charge is 0.357 e. The average Bonchev–Trinajstić information content (AvgIpc) is 3.23. The first-order chi connectivity index (χ1) is 16.7. The molecule has 0 saturated heterocycles. The van der Waals surface area contributed by atoms with Gasteiger partial charge >= 0.3 is 6.18 Å². The summed E-state index contributed by atoms with van der Waals surface area (Å²) in [7, 11) is -2.02. The van der Waals surface area contributed by atoms with Gasteiger partial charge in [0.15, 0.2) is 16.6 Å². The van der Waals surface area contributed by atoms with Crippen LogP contribution in [0.15, 0.2) is 66.2 Å². The second kappa shape index (κ2) is 11.9. The van der Waals surface area contributed by atoms with Crippen molar-refractivity contribution in [2.24, 2.45) is 5.16 Å². The Morgan fingerprint density at radius 1 is 1.23 bits per heavy atom. The van der Waals surface area contributed by atoms with Crippen LogP contribution >= 0.6 is 11.6 Å². The second-order valence-corrected chi connectivity index (χ2v) is 9.04. The molecule has 0 N–H and O–H groups in total. The highest BCUT2D eigenvalue weighted by molar-refractivity contribution is 7.85. The standard InChI is InChI=1S/C22H21ClF3N5O3S/c1-2-30(19-14-31(28-20(19)23)16-7-6-11-27-13-16)21(32)18(15-35(33)12-10-22(24,25)26)29-34-17-8-4-3-5-9-17/h3-9,11,13-14H,2,10,12,15H2,1H3. The number of hydrogen-bond acceptors (Lipinski definition) is 6. The molecule has 1 amide bonds. The molecule has 8 nitrogen and oxygen atoms in total. The number of aromatic nitrogens is 3. The van der Waals surface area contributed by atoms with E-state index in [0.717, 1.165) is 0 Å². The first-order valence-corrected chi connectivity index (χ1v) is 12.2. The molecule has 0 spiro atoms. The van der Waals surface area contributed by atoms with Crippen LogP contribution in [0.4, 0.5) is 18.9 Å². The van der Waals surface area contributed by atoms with Gasteiger partial charge in [-0.1, -0.05) is 35.0 Å². The quantitative estimate of drug-likeness (QED) is 0.288. The Labute approximate surface area is 206 Å². The lowest BCUT2D eigenvalue weighted by Gasteiger charge is -2.20. The summed E-state index contributed by atoms with van der Waals surface area (Å²) in [4.78, 5) is 23.9. The first kappa shape index (κ1) is 26.4. The molecule has 2 heterocycles. The van der Waals surface area contributed by atoms with Crippen molar-refractivity contribution in [1.82, 2.24) is 14.8 Å². The third kappa shape index (κ3) is 7.62. The summed E-state index contributed by atoms with van der Waals surface area (Å²) in [6.45, 7) is 1.79. The SMILES string of the molecule is CCN(C(=O)C(CS(=O)CCC(F)(F)F)=NOc1ccccc1)c1cn(-c2cccnc2)nc1Cl. The minimum absolute atomic E-state index is 0.00516. The van der Waals surface area contributed by atoms with E-state index in [9.17, 15) is 22.2 Å². The van der Waals surface area contributed by atoms with Crippen LogP contribution in [0.25, 0.3) is 5.69 Å². The molecule has 0 fully saturated rings. The molecule has 186 valence electrons. The molecule has 0 bridgehead atoms. The number of alkyl halides is 3. The highest BCUT2D eigenvalue weighted by Crippen LogP contribution is 2.26. The monoisotopic (exact) mass is 527 g/mol. The van der Waals surface area contributed by atoms with Crippen molar-refractivity contribution < 1.29 is 27.0 Å². The molecule has 3 aromatic rings. The van der Waals surface area contributed by atoms with E-state index in [1.165, 1.54) is 15.8 Å². The summed E-state index contributed by atoms with van der Waals surface area (Å²) in [6, 6.07) is 11.7. The normalized spacial score (nSPS) is 12.9. The Bertz CT molecular complexity index is 1190. The summed E-state index contributed by atoms with van der Waals surface area (Å²) in [6.07, 6.45) is -1.07. The number of carbonyl (C=O) groups is 1. The largest absolute Gasteiger partial charge is 0.390 e. The lowest BCUT2D eigenvalue weighted by molar-refractivity contribution is -0.129. The highest BCUT2D eigenvalue weighted by Gasteiger charge is 2.30. The van der Waals surface area contributed by atoms with Crippen LogP contribution in [0.5, 0.6) is 5.75 Å². The van der Waals surface area contributed by atoms with Crippen molar-refractivity contribution in [3.63, 3.8) is 0 Å².